The molecule has 3 nitrogen and oxygen atoms in total. The molecule has 0 fully saturated rings. The van der Waals surface area contributed by atoms with Crippen LogP contribution in [0.5, 0.6) is 5.75 Å². The fourth-order valence-corrected chi connectivity index (χ4v) is 1.16. The number of halogens is 1. The van der Waals surface area contributed by atoms with Gasteiger partial charge in [0.25, 0.3) is 0 Å². The van der Waals surface area contributed by atoms with Crippen molar-refractivity contribution in [3.8, 4) is 5.75 Å². The number of nitrogens with zero attached hydrogens (tertiary/aromatic N) is 1. The quantitative estimate of drug-likeness (QED) is 0.712. The van der Waals surface area contributed by atoms with Crippen molar-refractivity contribution in [2.75, 3.05) is 0 Å². The zero-order valence-electron chi connectivity index (χ0n) is 5.47. The molecule has 1 aliphatic rings. The normalized spacial score (nSPS) is 13.2. The summed E-state index contributed by atoms with van der Waals surface area (Å²) < 4.78 is 0.968. The van der Waals surface area contributed by atoms with E-state index < -0.39 is 0 Å². The fourth-order valence-electron chi connectivity index (χ4n) is 0.823. The highest BCUT2D eigenvalue weighted by Crippen LogP contribution is 2.30. The molecular formula is C7H4BrN2O. The summed E-state index contributed by atoms with van der Waals surface area (Å²) >= 11 is 3.32. The van der Waals surface area contributed by atoms with E-state index >= 15 is 0 Å². The third kappa shape index (κ3) is 1.21. The van der Waals surface area contributed by atoms with Gasteiger partial charge in [-0.2, -0.15) is 5.48 Å². The molecule has 0 amide bonds. The molecule has 0 aromatic heterocycles. The van der Waals surface area contributed by atoms with Crippen molar-refractivity contribution in [1.29, 1.82) is 0 Å². The summed E-state index contributed by atoms with van der Waals surface area (Å²) in [6, 6.07) is 5.60. The number of benzene rings is 1. The van der Waals surface area contributed by atoms with Gasteiger partial charge in [0.1, 0.15) is 5.69 Å². The van der Waals surface area contributed by atoms with Gasteiger partial charge in [0.15, 0.2) is 5.75 Å². The van der Waals surface area contributed by atoms with Gasteiger partial charge in [-0.3, -0.25) is 0 Å². The molecule has 0 saturated carbocycles. The van der Waals surface area contributed by atoms with Gasteiger partial charge in [0.05, 0.1) is 0 Å². The molecular weight excluding hydrogens is 208 g/mol. The van der Waals surface area contributed by atoms with Gasteiger partial charge in [-0.25, -0.2) is 4.99 Å². The second-order valence-corrected chi connectivity index (χ2v) is 2.96. The van der Waals surface area contributed by atoms with Crippen molar-refractivity contribution in [2.24, 2.45) is 4.99 Å². The molecule has 1 aromatic rings. The van der Waals surface area contributed by atoms with Gasteiger partial charge in [-0.05, 0) is 18.2 Å². The molecule has 0 unspecified atom stereocenters. The first-order chi connectivity index (χ1) is 5.36. The largest absolute Gasteiger partial charge is 0.378 e. The second-order valence-electron chi connectivity index (χ2n) is 2.04. The number of fused-ring (bicyclic) bond motifs is 1. The van der Waals surface area contributed by atoms with Crippen LogP contribution in [-0.2, 0) is 0 Å². The number of rotatable bonds is 0. The third-order valence-corrected chi connectivity index (χ3v) is 1.80. The SMILES string of the molecule is Brc1ccc2c(c1)ON[C]=N2. The van der Waals surface area contributed by atoms with Crippen molar-refractivity contribution < 1.29 is 4.84 Å². The maximum absolute atomic E-state index is 5.02. The topological polar surface area (TPSA) is 33.6 Å². The standard InChI is InChI=1S/C7H4BrN2O/c8-5-1-2-6-7(3-5)11-10-4-9-6/h1-3H,(H,9,10). The van der Waals surface area contributed by atoms with E-state index in [0.717, 1.165) is 10.2 Å². The molecule has 4 heteroatoms. The van der Waals surface area contributed by atoms with Crippen LogP contribution in [0, 0.1) is 0 Å². The van der Waals surface area contributed by atoms with Crippen LogP contribution < -0.4 is 10.3 Å². The molecule has 1 radical (unpaired) electrons. The van der Waals surface area contributed by atoms with Crippen molar-refractivity contribution in [1.82, 2.24) is 5.48 Å². The molecule has 0 bridgehead atoms. The fraction of sp³-hybridized carbons (Fsp3) is 0. The summed E-state index contributed by atoms with van der Waals surface area (Å²) in [7, 11) is 0. The highest BCUT2D eigenvalue weighted by atomic mass is 79.9. The maximum Gasteiger partial charge on any atom is 0.206 e. The summed E-state index contributed by atoms with van der Waals surface area (Å²) in [4.78, 5) is 8.95. The van der Waals surface area contributed by atoms with E-state index in [1.165, 1.54) is 0 Å². The Bertz CT molecular complexity index is 311. The van der Waals surface area contributed by atoms with E-state index in [4.69, 9.17) is 4.84 Å². The first-order valence-corrected chi connectivity index (χ1v) is 3.83. The molecule has 1 N–H and O–H groups in total. The lowest BCUT2D eigenvalue weighted by molar-refractivity contribution is 0.263. The monoisotopic (exact) mass is 211 g/mol. The smallest absolute Gasteiger partial charge is 0.206 e. The van der Waals surface area contributed by atoms with E-state index in [9.17, 15) is 0 Å². The number of hydroxylamine groups is 1. The van der Waals surface area contributed by atoms with E-state index in [1.807, 2.05) is 18.2 Å². The predicted octanol–water partition coefficient (Wildman–Crippen LogP) is 1.88. The Hall–Kier alpha value is -1.03. The highest BCUT2D eigenvalue weighted by molar-refractivity contribution is 9.10. The van der Waals surface area contributed by atoms with Gasteiger partial charge in [-0.1, -0.05) is 15.9 Å². The number of hydrogen-bond donors (Lipinski definition) is 1. The van der Waals surface area contributed by atoms with Gasteiger partial charge >= 0.3 is 0 Å². The Balaban J connectivity index is 2.53. The van der Waals surface area contributed by atoms with Crippen LogP contribution in [0.3, 0.4) is 0 Å². The minimum Gasteiger partial charge on any atom is -0.378 e. The van der Waals surface area contributed by atoms with Crippen LogP contribution in [0.2, 0.25) is 0 Å². The Labute approximate surface area is 72.2 Å². The average Bonchev–Trinajstić information content (AvgIpc) is 2.04. The minimum absolute atomic E-state index is 0.707. The number of aliphatic imine (C=N–C) groups is 1. The van der Waals surface area contributed by atoms with Crippen molar-refractivity contribution >= 4 is 28.0 Å². The molecule has 1 heterocycles. The lowest BCUT2D eigenvalue weighted by atomic mass is 10.3. The summed E-state index contributed by atoms with van der Waals surface area (Å²) in [6.07, 6.45) is 2.50. The maximum atomic E-state index is 5.02. The lowest BCUT2D eigenvalue weighted by Gasteiger charge is -2.10. The number of nitrogens with one attached hydrogen (secondary N) is 1. The average molecular weight is 212 g/mol. The molecule has 0 saturated heterocycles. The Morgan fingerprint density at radius 3 is 3.36 bits per heavy atom. The molecule has 0 atom stereocenters. The second kappa shape index (κ2) is 2.54. The van der Waals surface area contributed by atoms with E-state index in [1.54, 1.807) is 0 Å². The van der Waals surface area contributed by atoms with E-state index in [-0.39, 0.29) is 0 Å². The Morgan fingerprint density at radius 2 is 2.45 bits per heavy atom. The van der Waals surface area contributed by atoms with Crippen LogP contribution >= 0.6 is 15.9 Å². The van der Waals surface area contributed by atoms with Gasteiger partial charge < -0.3 is 4.84 Å². The van der Waals surface area contributed by atoms with Gasteiger partial charge in [0, 0.05) is 4.47 Å². The van der Waals surface area contributed by atoms with Crippen LogP contribution in [0.4, 0.5) is 5.69 Å². The molecule has 11 heavy (non-hydrogen) atoms. The van der Waals surface area contributed by atoms with Crippen molar-refractivity contribution in [3.63, 3.8) is 0 Å². The molecule has 1 aliphatic heterocycles. The third-order valence-electron chi connectivity index (χ3n) is 1.30. The minimum atomic E-state index is 0.707. The zero-order valence-corrected chi connectivity index (χ0v) is 7.05. The first kappa shape index (κ1) is 6.67. The number of hydrogen-bond acceptors (Lipinski definition) is 3. The zero-order chi connectivity index (χ0) is 7.68. The van der Waals surface area contributed by atoms with Crippen molar-refractivity contribution in [2.45, 2.75) is 0 Å². The van der Waals surface area contributed by atoms with Crippen LogP contribution in [0.15, 0.2) is 27.7 Å². The Morgan fingerprint density at radius 1 is 1.55 bits per heavy atom. The van der Waals surface area contributed by atoms with Gasteiger partial charge in [-0.15, -0.1) is 0 Å². The molecule has 55 valence electrons. The predicted molar refractivity (Wildman–Crippen MR) is 45.0 cm³/mol. The first-order valence-electron chi connectivity index (χ1n) is 3.03. The molecule has 1 aromatic carbocycles. The summed E-state index contributed by atoms with van der Waals surface area (Å²) in [5.74, 6) is 0.707. The molecule has 0 spiro atoms. The van der Waals surface area contributed by atoms with Crippen LogP contribution in [0.1, 0.15) is 0 Å². The summed E-state index contributed by atoms with van der Waals surface area (Å²) in [5.41, 5.74) is 3.21. The molecule has 0 aliphatic carbocycles. The lowest BCUT2D eigenvalue weighted by Crippen LogP contribution is -2.18. The summed E-state index contributed by atoms with van der Waals surface area (Å²) in [5, 5.41) is 0. The van der Waals surface area contributed by atoms with E-state index in [0.29, 0.717) is 5.75 Å². The van der Waals surface area contributed by atoms with Crippen LogP contribution in [0.25, 0.3) is 0 Å². The molecule has 2 rings (SSSR count). The van der Waals surface area contributed by atoms with Gasteiger partial charge in [0.2, 0.25) is 6.34 Å². The van der Waals surface area contributed by atoms with Crippen molar-refractivity contribution in [3.05, 3.63) is 22.7 Å². The van der Waals surface area contributed by atoms with E-state index in [2.05, 4.69) is 32.7 Å². The summed E-state index contributed by atoms with van der Waals surface area (Å²) in [6.45, 7) is 0. The van der Waals surface area contributed by atoms with Crippen LogP contribution in [-0.4, -0.2) is 6.34 Å². The Kier molecular flexibility index (Phi) is 1.54. The highest BCUT2D eigenvalue weighted by Gasteiger charge is 2.06.